The Balaban J connectivity index is 1.44. The molecule has 4 fully saturated rings. The van der Waals surface area contributed by atoms with Gasteiger partial charge >= 0.3 is 5.97 Å². The number of hydrogen-bond donors (Lipinski definition) is 6. The van der Waals surface area contributed by atoms with Crippen LogP contribution in [-0.2, 0) is 33.2 Å². The minimum absolute atomic E-state index is 0.119. The zero-order valence-electron chi connectivity index (χ0n) is 40.9. The van der Waals surface area contributed by atoms with Crippen molar-refractivity contribution in [2.24, 2.45) is 29.6 Å². The van der Waals surface area contributed by atoms with E-state index in [0.29, 0.717) is 38.5 Å². The number of allylic oxidation sites excluding steroid dienone is 1. The van der Waals surface area contributed by atoms with Gasteiger partial charge in [-0.2, -0.15) is 0 Å². The molecule has 0 aromatic heterocycles. The van der Waals surface area contributed by atoms with Gasteiger partial charge in [0.05, 0.1) is 47.8 Å². The molecule has 0 amide bonds. The van der Waals surface area contributed by atoms with Crippen molar-refractivity contribution < 1.29 is 63.9 Å². The highest BCUT2D eigenvalue weighted by atomic mass is 16.7. The molecule has 1 spiro atoms. The summed E-state index contributed by atoms with van der Waals surface area (Å²) in [6.45, 7) is 16.9. The fourth-order valence-corrected chi connectivity index (χ4v) is 11.0. The first-order valence-electron chi connectivity index (χ1n) is 24.7. The molecule has 5 aliphatic heterocycles. The van der Waals surface area contributed by atoms with Crippen molar-refractivity contribution >= 4 is 5.97 Å². The number of aliphatic hydroxyl groups excluding tert-OH is 4. The molecular formula is C50H87NO13. The van der Waals surface area contributed by atoms with E-state index in [1.54, 1.807) is 26.8 Å². The monoisotopic (exact) mass is 910 g/mol. The molecule has 0 radical (unpaired) electrons. The molecule has 16 unspecified atom stereocenters. The van der Waals surface area contributed by atoms with Gasteiger partial charge in [0.1, 0.15) is 18.3 Å². The van der Waals surface area contributed by atoms with Crippen molar-refractivity contribution in [2.75, 3.05) is 14.1 Å². The summed E-state index contributed by atoms with van der Waals surface area (Å²) in [6, 6.07) is 0.165. The molecule has 0 aliphatic carbocycles. The number of esters is 1. The van der Waals surface area contributed by atoms with Crippen LogP contribution in [0.2, 0.25) is 0 Å². The number of fused-ring (bicyclic) bond motifs is 3. The molecule has 0 aromatic carbocycles. The zero-order valence-corrected chi connectivity index (χ0v) is 40.9. The highest BCUT2D eigenvalue weighted by molar-refractivity contribution is 5.82. The van der Waals surface area contributed by atoms with Crippen molar-refractivity contribution in [1.82, 2.24) is 4.90 Å². The Kier molecular flexibility index (Phi) is 18.6. The molecule has 0 saturated carbocycles. The zero-order chi connectivity index (χ0) is 47.4. The number of carbonyl (C=O) groups is 1. The number of hydrogen-bond acceptors (Lipinski definition) is 14. The lowest BCUT2D eigenvalue weighted by Gasteiger charge is -2.52. The molecule has 4 saturated heterocycles. The Bertz CT molecular complexity index is 1540. The summed E-state index contributed by atoms with van der Waals surface area (Å²) in [6.07, 6.45) is 6.28. The van der Waals surface area contributed by atoms with Gasteiger partial charge in [0.25, 0.3) is 0 Å². The van der Waals surface area contributed by atoms with Gasteiger partial charge in [0.2, 0.25) is 0 Å². The molecule has 0 aromatic rings. The SMILES string of the molecule is CCC(O)CC1OC2(CCC1C)CC1OC(=O)/C=C/C(C)C(O)C(C)C(O)C(O[C@@H]3CC[C@@H](N(C)C)[C@@H](C)O3)C(O)C(C)(O)CCCCC/C=C/C3CC(C)(C)OC3(O)CC(O2)C1C. The molecule has 6 N–H and O–H groups in total. The van der Waals surface area contributed by atoms with Crippen LogP contribution >= 0.6 is 0 Å². The second-order valence-electron chi connectivity index (χ2n) is 21.7. The van der Waals surface area contributed by atoms with Gasteiger partial charge in [-0.1, -0.05) is 65.7 Å². The standard InChI is InChI=1S/C50H87NO13/c1-12-36(52)26-38-30(2)23-25-49(62-38)28-39-32(4)40(63-49)29-50(58)35(27-47(7,8)64-50)18-16-14-13-15-17-24-48(9,57)46(56)45(61-42-22-20-37(51(10)11)34(6)59-42)44(55)33(5)43(54)31(3)19-21-41(53)60-39/h16,18-19,21,30-40,42-46,52,54-58H,12-15,17,20,22-29H2,1-11H3/b18-16+,21-19+/t30?,31?,32?,33?,34-,35?,36?,37-,38?,39?,40?,42-,43?,44?,45?,46?,48?,49?,50?/m1/s1. The van der Waals surface area contributed by atoms with Crippen molar-refractivity contribution in [2.45, 2.75) is 242 Å². The first-order chi connectivity index (χ1) is 29.9. The predicted octanol–water partition coefficient (Wildman–Crippen LogP) is 5.91. The van der Waals surface area contributed by atoms with Crippen molar-refractivity contribution in [3.63, 3.8) is 0 Å². The van der Waals surface area contributed by atoms with Crippen LogP contribution in [0.15, 0.2) is 24.3 Å². The van der Waals surface area contributed by atoms with E-state index in [0.717, 1.165) is 32.1 Å². The molecule has 2 bridgehead atoms. The lowest BCUT2D eigenvalue weighted by Crippen LogP contribution is -2.59. The van der Waals surface area contributed by atoms with E-state index in [-0.39, 0.29) is 55.3 Å². The average Bonchev–Trinajstić information content (AvgIpc) is 3.46. The fourth-order valence-electron chi connectivity index (χ4n) is 11.0. The summed E-state index contributed by atoms with van der Waals surface area (Å²) in [5, 5.41) is 70.3. The number of rotatable bonds is 6. The molecule has 64 heavy (non-hydrogen) atoms. The van der Waals surface area contributed by atoms with Crippen LogP contribution < -0.4 is 0 Å². The maximum atomic E-state index is 13.8. The Labute approximate surface area is 384 Å². The van der Waals surface area contributed by atoms with E-state index >= 15 is 0 Å². The van der Waals surface area contributed by atoms with Crippen LogP contribution in [-0.4, -0.2) is 146 Å². The molecule has 19 atom stereocenters. The van der Waals surface area contributed by atoms with Gasteiger partial charge in [-0.3, -0.25) is 0 Å². The first kappa shape index (κ1) is 53.4. The lowest BCUT2D eigenvalue weighted by atomic mass is 9.79. The van der Waals surface area contributed by atoms with Gasteiger partial charge < -0.3 is 64.0 Å². The van der Waals surface area contributed by atoms with Gasteiger partial charge in [0, 0.05) is 55.1 Å². The average molecular weight is 910 g/mol. The normalized spacial score (nSPS) is 47.3. The van der Waals surface area contributed by atoms with Crippen molar-refractivity contribution in [1.29, 1.82) is 0 Å². The van der Waals surface area contributed by atoms with E-state index in [9.17, 15) is 35.4 Å². The minimum Gasteiger partial charge on any atom is -0.459 e. The third kappa shape index (κ3) is 13.4. The summed E-state index contributed by atoms with van der Waals surface area (Å²) in [7, 11) is 3.99. The van der Waals surface area contributed by atoms with Crippen LogP contribution in [0.4, 0.5) is 0 Å². The number of nitrogens with zero attached hydrogens (tertiary/aromatic N) is 1. The highest BCUT2D eigenvalue weighted by Crippen LogP contribution is 2.50. The third-order valence-electron chi connectivity index (χ3n) is 15.5. The van der Waals surface area contributed by atoms with Gasteiger partial charge in [-0.05, 0) is 105 Å². The first-order valence-corrected chi connectivity index (χ1v) is 24.7. The summed E-state index contributed by atoms with van der Waals surface area (Å²) in [4.78, 5) is 15.9. The highest BCUT2D eigenvalue weighted by Gasteiger charge is 2.57. The summed E-state index contributed by atoms with van der Waals surface area (Å²) in [5.41, 5.74) is -2.26. The van der Waals surface area contributed by atoms with E-state index in [4.69, 9.17) is 28.4 Å². The largest absolute Gasteiger partial charge is 0.459 e. The van der Waals surface area contributed by atoms with E-state index in [1.807, 2.05) is 54.8 Å². The number of carbonyl (C=O) groups excluding carboxylic acids is 1. The maximum absolute atomic E-state index is 13.8. The molecule has 370 valence electrons. The van der Waals surface area contributed by atoms with Gasteiger partial charge in [0.15, 0.2) is 17.9 Å². The second-order valence-corrected chi connectivity index (χ2v) is 21.7. The van der Waals surface area contributed by atoms with Crippen LogP contribution in [0.25, 0.3) is 0 Å². The van der Waals surface area contributed by atoms with Gasteiger partial charge in [-0.25, -0.2) is 4.79 Å². The van der Waals surface area contributed by atoms with Crippen LogP contribution in [0.1, 0.15) is 152 Å². The number of aliphatic hydroxyl groups is 6. The Hall–Kier alpha value is -1.53. The Morgan fingerprint density at radius 3 is 2.25 bits per heavy atom. The predicted molar refractivity (Wildman–Crippen MR) is 243 cm³/mol. The lowest BCUT2D eigenvalue weighted by molar-refractivity contribution is -0.358. The summed E-state index contributed by atoms with van der Waals surface area (Å²) < 4.78 is 39.1. The third-order valence-corrected chi connectivity index (χ3v) is 15.5. The van der Waals surface area contributed by atoms with Crippen LogP contribution in [0.3, 0.4) is 0 Å². The molecule has 14 nitrogen and oxygen atoms in total. The van der Waals surface area contributed by atoms with E-state index in [2.05, 4.69) is 17.9 Å². The minimum atomic E-state index is -1.64. The number of ether oxygens (including phenoxy) is 6. The maximum Gasteiger partial charge on any atom is 0.330 e. The quantitative estimate of drug-likeness (QED) is 0.136. The second kappa shape index (κ2) is 22.3. The molecule has 5 aliphatic rings. The van der Waals surface area contributed by atoms with Crippen molar-refractivity contribution in [3.8, 4) is 0 Å². The van der Waals surface area contributed by atoms with Crippen LogP contribution in [0, 0.1) is 29.6 Å². The Morgan fingerprint density at radius 2 is 1.58 bits per heavy atom. The fraction of sp³-hybridized carbons (Fsp3) is 0.900. The molecular weight excluding hydrogens is 823 g/mol. The topological polar surface area (TPSA) is 197 Å². The van der Waals surface area contributed by atoms with Gasteiger partial charge in [-0.15, -0.1) is 0 Å². The van der Waals surface area contributed by atoms with Crippen molar-refractivity contribution in [3.05, 3.63) is 24.3 Å². The summed E-state index contributed by atoms with van der Waals surface area (Å²) >= 11 is 0. The number of likely N-dealkylation sites (N-methyl/N-ethyl adjacent to an activating group) is 1. The molecule has 5 rings (SSSR count). The molecule has 14 heteroatoms. The van der Waals surface area contributed by atoms with Crippen LogP contribution in [0.5, 0.6) is 0 Å². The Morgan fingerprint density at radius 1 is 0.859 bits per heavy atom. The van der Waals surface area contributed by atoms with E-state index < -0.39 is 89.6 Å². The smallest absolute Gasteiger partial charge is 0.330 e. The molecule has 5 heterocycles. The summed E-state index contributed by atoms with van der Waals surface area (Å²) in [5.74, 6) is -5.35. The van der Waals surface area contributed by atoms with E-state index in [1.165, 1.54) is 6.08 Å².